The Labute approximate surface area is 225 Å². The van der Waals surface area contributed by atoms with Crippen LogP contribution in [0.1, 0.15) is 37.7 Å². The van der Waals surface area contributed by atoms with Crippen molar-refractivity contribution in [1.29, 1.82) is 0 Å². The fourth-order valence-corrected chi connectivity index (χ4v) is 5.93. The number of alkyl halides is 1. The second-order valence-electron chi connectivity index (χ2n) is 10.7. The number of aromatic nitrogens is 1. The van der Waals surface area contributed by atoms with Crippen LogP contribution in [0.25, 0.3) is 33.3 Å². The second-order valence-corrected chi connectivity index (χ2v) is 10.7. The van der Waals surface area contributed by atoms with Gasteiger partial charge in [0.05, 0.1) is 37.6 Å². The molecular weight excluding hydrogens is 499 g/mol. The van der Waals surface area contributed by atoms with E-state index in [0.717, 1.165) is 21.9 Å². The number of oxazole rings is 1. The molecule has 7 nitrogen and oxygen atoms in total. The Morgan fingerprint density at radius 3 is 2.67 bits per heavy atom. The molecule has 2 aliphatic rings. The van der Waals surface area contributed by atoms with Gasteiger partial charge in [0.1, 0.15) is 11.7 Å². The van der Waals surface area contributed by atoms with E-state index in [1.807, 2.05) is 60.7 Å². The molecule has 1 saturated carbocycles. The van der Waals surface area contributed by atoms with Gasteiger partial charge in [-0.05, 0) is 60.2 Å². The van der Waals surface area contributed by atoms with Gasteiger partial charge in [0.15, 0.2) is 5.58 Å². The number of carbonyl (C=O) groups excluding carboxylic acids is 1. The number of carboxylic acids is 1. The Morgan fingerprint density at radius 2 is 1.85 bits per heavy atom. The van der Waals surface area contributed by atoms with Gasteiger partial charge >= 0.3 is 5.97 Å². The fraction of sp³-hybridized carbons (Fsp3) is 0.387. The Morgan fingerprint density at radius 1 is 1.05 bits per heavy atom. The summed E-state index contributed by atoms with van der Waals surface area (Å²) in [6, 6.07) is 19.3. The summed E-state index contributed by atoms with van der Waals surface area (Å²) in [5.41, 5.74) is 3.00. The van der Waals surface area contributed by atoms with Crippen LogP contribution in [-0.2, 0) is 20.7 Å². The van der Waals surface area contributed by atoms with Gasteiger partial charge in [-0.2, -0.15) is 0 Å². The van der Waals surface area contributed by atoms with Crippen molar-refractivity contribution in [2.75, 3.05) is 13.2 Å². The van der Waals surface area contributed by atoms with Crippen molar-refractivity contribution in [3.63, 3.8) is 0 Å². The number of likely N-dealkylation sites (tertiary alicyclic amines) is 1. The van der Waals surface area contributed by atoms with Crippen LogP contribution in [0.3, 0.4) is 0 Å². The van der Waals surface area contributed by atoms with Gasteiger partial charge in [-0.15, -0.1) is 0 Å². The molecule has 1 aliphatic heterocycles. The maximum Gasteiger partial charge on any atom is 0.306 e. The zero-order chi connectivity index (χ0) is 26.9. The highest BCUT2D eigenvalue weighted by Gasteiger charge is 2.36. The SMILES string of the molecule is O=C(O)C1CCC(OC[C@@H]2C[C@H](F)CN2C(=O)Cc2ccc3nc(-c4cccc5ccccc45)oc3c2)CC1. The zero-order valence-corrected chi connectivity index (χ0v) is 21.6. The molecule has 2 heterocycles. The molecule has 1 N–H and O–H groups in total. The van der Waals surface area contributed by atoms with Crippen molar-refractivity contribution in [2.24, 2.45) is 5.92 Å². The van der Waals surface area contributed by atoms with Crippen LogP contribution in [0, 0.1) is 5.92 Å². The zero-order valence-electron chi connectivity index (χ0n) is 21.6. The van der Waals surface area contributed by atoms with E-state index in [9.17, 15) is 19.1 Å². The summed E-state index contributed by atoms with van der Waals surface area (Å²) in [5, 5.41) is 11.3. The van der Waals surface area contributed by atoms with Crippen molar-refractivity contribution in [3.8, 4) is 11.5 Å². The molecule has 39 heavy (non-hydrogen) atoms. The number of nitrogens with zero attached hydrogens (tertiary/aromatic N) is 2. The Hall–Kier alpha value is -3.78. The molecule has 0 unspecified atom stereocenters. The van der Waals surface area contributed by atoms with Crippen LogP contribution in [-0.4, -0.2) is 58.3 Å². The molecule has 6 rings (SSSR count). The van der Waals surface area contributed by atoms with Crippen LogP contribution in [0.5, 0.6) is 0 Å². The van der Waals surface area contributed by atoms with Gasteiger partial charge in [0.2, 0.25) is 11.8 Å². The fourth-order valence-electron chi connectivity index (χ4n) is 5.93. The molecule has 1 saturated heterocycles. The first-order valence-corrected chi connectivity index (χ1v) is 13.6. The minimum absolute atomic E-state index is 0.0407. The molecule has 8 heteroatoms. The first kappa shape index (κ1) is 25.5. The lowest BCUT2D eigenvalue weighted by molar-refractivity contribution is -0.144. The van der Waals surface area contributed by atoms with E-state index in [-0.39, 0.29) is 50.0 Å². The predicted octanol–water partition coefficient (Wildman–Crippen LogP) is 5.79. The van der Waals surface area contributed by atoms with E-state index in [2.05, 4.69) is 4.98 Å². The van der Waals surface area contributed by atoms with Crippen LogP contribution in [0.15, 0.2) is 65.1 Å². The van der Waals surface area contributed by atoms with E-state index in [0.29, 0.717) is 42.7 Å². The number of aliphatic carboxylic acids is 1. The third-order valence-electron chi connectivity index (χ3n) is 8.06. The molecule has 0 spiro atoms. The molecule has 1 aliphatic carbocycles. The minimum Gasteiger partial charge on any atom is -0.481 e. The van der Waals surface area contributed by atoms with E-state index in [1.54, 1.807) is 4.90 Å². The maximum absolute atomic E-state index is 14.4. The van der Waals surface area contributed by atoms with E-state index in [4.69, 9.17) is 9.15 Å². The highest BCUT2D eigenvalue weighted by molar-refractivity contribution is 5.95. The molecule has 2 fully saturated rings. The number of ether oxygens (including phenoxy) is 1. The molecule has 3 aromatic carbocycles. The molecule has 0 radical (unpaired) electrons. The number of halogens is 1. The lowest BCUT2D eigenvalue weighted by atomic mass is 9.87. The van der Waals surface area contributed by atoms with Crippen molar-refractivity contribution < 1.29 is 28.2 Å². The molecule has 2 atom stereocenters. The Kier molecular flexibility index (Phi) is 7.04. The summed E-state index contributed by atoms with van der Waals surface area (Å²) >= 11 is 0. The Bertz CT molecular complexity index is 1500. The minimum atomic E-state index is -1.08. The van der Waals surface area contributed by atoms with Gasteiger partial charge in [0.25, 0.3) is 0 Å². The van der Waals surface area contributed by atoms with Gasteiger partial charge < -0.3 is 19.2 Å². The highest BCUT2D eigenvalue weighted by atomic mass is 19.1. The topological polar surface area (TPSA) is 92.9 Å². The summed E-state index contributed by atoms with van der Waals surface area (Å²) in [7, 11) is 0. The number of fused-ring (bicyclic) bond motifs is 2. The van der Waals surface area contributed by atoms with Crippen LogP contribution in [0.4, 0.5) is 4.39 Å². The summed E-state index contributed by atoms with van der Waals surface area (Å²) in [6.45, 7) is 0.332. The van der Waals surface area contributed by atoms with Crippen molar-refractivity contribution in [3.05, 3.63) is 66.2 Å². The first-order chi connectivity index (χ1) is 18.9. The lowest BCUT2D eigenvalue weighted by Crippen LogP contribution is -2.40. The van der Waals surface area contributed by atoms with Gasteiger partial charge in [-0.1, -0.05) is 42.5 Å². The quantitative estimate of drug-likeness (QED) is 0.325. The third kappa shape index (κ3) is 5.39. The average Bonchev–Trinajstić information content (AvgIpc) is 3.54. The monoisotopic (exact) mass is 530 g/mol. The van der Waals surface area contributed by atoms with Crippen LogP contribution >= 0.6 is 0 Å². The maximum atomic E-state index is 14.4. The van der Waals surface area contributed by atoms with E-state index >= 15 is 0 Å². The number of carbonyl (C=O) groups is 2. The molecule has 1 amide bonds. The van der Waals surface area contributed by atoms with Gasteiger partial charge in [-0.25, -0.2) is 9.37 Å². The third-order valence-corrected chi connectivity index (χ3v) is 8.06. The smallest absolute Gasteiger partial charge is 0.306 e. The van der Waals surface area contributed by atoms with E-state index < -0.39 is 12.1 Å². The van der Waals surface area contributed by atoms with Crippen molar-refractivity contribution in [1.82, 2.24) is 9.88 Å². The molecule has 0 bridgehead atoms. The largest absolute Gasteiger partial charge is 0.481 e. The molecule has 202 valence electrons. The first-order valence-electron chi connectivity index (χ1n) is 13.6. The van der Waals surface area contributed by atoms with Crippen LogP contribution < -0.4 is 0 Å². The lowest BCUT2D eigenvalue weighted by Gasteiger charge is -2.29. The summed E-state index contributed by atoms with van der Waals surface area (Å²) in [4.78, 5) is 30.7. The number of hydrogen-bond donors (Lipinski definition) is 1. The number of carboxylic acid groups (broad SMARTS) is 1. The second kappa shape index (κ2) is 10.8. The summed E-state index contributed by atoms with van der Waals surface area (Å²) in [6.07, 6.45) is 1.80. The van der Waals surface area contributed by atoms with Crippen molar-refractivity contribution >= 4 is 33.7 Å². The van der Waals surface area contributed by atoms with Crippen molar-refractivity contribution in [2.45, 2.75) is 56.8 Å². The normalized spacial score (nSPS) is 23.5. The van der Waals surface area contributed by atoms with Gasteiger partial charge in [0, 0.05) is 12.0 Å². The number of rotatable bonds is 7. The number of amides is 1. The van der Waals surface area contributed by atoms with E-state index in [1.165, 1.54) is 0 Å². The van der Waals surface area contributed by atoms with Gasteiger partial charge in [-0.3, -0.25) is 9.59 Å². The van der Waals surface area contributed by atoms with Crippen LogP contribution in [0.2, 0.25) is 0 Å². The number of benzene rings is 3. The summed E-state index contributed by atoms with van der Waals surface area (Å²) in [5.74, 6) is -0.685. The standard InChI is InChI=1S/C31H31FN2O5/c32-22-16-23(18-38-24-11-9-21(10-12-24)31(36)37)34(17-22)29(35)15-19-8-13-27-28(14-19)39-30(33-27)26-7-3-5-20-4-1-2-6-25(20)26/h1-8,13-14,21-24H,9-12,15-18H2,(H,36,37)/t21?,22-,23-,24?/m0/s1. The number of hydrogen-bond acceptors (Lipinski definition) is 5. The highest BCUT2D eigenvalue weighted by Crippen LogP contribution is 2.32. The summed E-state index contributed by atoms with van der Waals surface area (Å²) < 4.78 is 26.5. The molecule has 4 aromatic rings. The molecule has 1 aromatic heterocycles. The Balaban J connectivity index is 1.12. The predicted molar refractivity (Wildman–Crippen MR) is 145 cm³/mol. The molecular formula is C31H31FN2O5. The average molecular weight is 531 g/mol.